The van der Waals surface area contributed by atoms with Crippen LogP contribution in [0.4, 0.5) is 0 Å². The van der Waals surface area contributed by atoms with E-state index in [9.17, 15) is 0 Å². The van der Waals surface area contributed by atoms with Crippen molar-refractivity contribution in [2.75, 3.05) is 0 Å². The largest absolute Gasteiger partial charge is 0.325 e. The number of H-pyrrole nitrogens is 1. The normalized spacial score (nSPS) is 12.5. The highest BCUT2D eigenvalue weighted by atomic mass is 15.3. The van der Waals surface area contributed by atoms with Gasteiger partial charge in [-0.3, -0.25) is 0 Å². The van der Waals surface area contributed by atoms with E-state index in [1.807, 2.05) is 13.8 Å². The van der Waals surface area contributed by atoms with E-state index in [1.165, 1.54) is 0 Å². The van der Waals surface area contributed by atoms with Gasteiger partial charge in [0.25, 0.3) is 0 Å². The minimum atomic E-state index is -0.222. The summed E-state index contributed by atoms with van der Waals surface area (Å²) in [4.78, 5) is 0. The van der Waals surface area contributed by atoms with E-state index in [4.69, 9.17) is 5.73 Å². The van der Waals surface area contributed by atoms with Crippen LogP contribution >= 0.6 is 0 Å². The molecule has 0 atom stereocenters. The first kappa shape index (κ1) is 10.2. The summed E-state index contributed by atoms with van der Waals surface area (Å²) in [6, 6.07) is 0. The monoisotopic (exact) mass is 182 g/mol. The van der Waals surface area contributed by atoms with Gasteiger partial charge in [-0.15, -0.1) is 0 Å². The molecule has 0 aliphatic heterocycles. The SMILES string of the molecule is CC(C)c1n[nH]nc1CC(C)(C)N. The quantitative estimate of drug-likeness (QED) is 0.738. The lowest BCUT2D eigenvalue weighted by Gasteiger charge is -2.17. The smallest absolute Gasteiger partial charge is 0.0882 e. The zero-order valence-electron chi connectivity index (χ0n) is 8.76. The molecule has 74 valence electrons. The summed E-state index contributed by atoms with van der Waals surface area (Å²) in [7, 11) is 0. The van der Waals surface area contributed by atoms with E-state index in [1.54, 1.807) is 0 Å². The molecule has 1 rings (SSSR count). The maximum atomic E-state index is 5.91. The summed E-state index contributed by atoms with van der Waals surface area (Å²) < 4.78 is 0. The van der Waals surface area contributed by atoms with E-state index in [0.29, 0.717) is 5.92 Å². The molecule has 1 aromatic heterocycles. The van der Waals surface area contributed by atoms with Gasteiger partial charge in [-0.25, -0.2) is 0 Å². The zero-order chi connectivity index (χ0) is 10.1. The molecule has 0 bridgehead atoms. The first-order valence-electron chi connectivity index (χ1n) is 4.58. The minimum Gasteiger partial charge on any atom is -0.325 e. The first-order chi connectivity index (χ1) is 5.90. The van der Waals surface area contributed by atoms with E-state index >= 15 is 0 Å². The maximum Gasteiger partial charge on any atom is 0.0882 e. The Labute approximate surface area is 78.9 Å². The molecule has 4 nitrogen and oxygen atoms in total. The van der Waals surface area contributed by atoms with E-state index in [2.05, 4.69) is 29.3 Å². The topological polar surface area (TPSA) is 67.6 Å². The molecule has 0 aliphatic rings. The Morgan fingerprint density at radius 2 is 2.00 bits per heavy atom. The molecule has 0 saturated heterocycles. The number of hydrogen-bond acceptors (Lipinski definition) is 3. The van der Waals surface area contributed by atoms with E-state index < -0.39 is 0 Å². The van der Waals surface area contributed by atoms with Crippen molar-refractivity contribution in [1.82, 2.24) is 15.4 Å². The summed E-state index contributed by atoms with van der Waals surface area (Å²) in [5.41, 5.74) is 7.71. The molecule has 0 aromatic carbocycles. The summed E-state index contributed by atoms with van der Waals surface area (Å²) in [6.07, 6.45) is 0.761. The molecule has 0 unspecified atom stereocenters. The lowest BCUT2D eigenvalue weighted by Crippen LogP contribution is -2.35. The number of hydrogen-bond donors (Lipinski definition) is 2. The van der Waals surface area contributed by atoms with E-state index in [0.717, 1.165) is 17.8 Å². The van der Waals surface area contributed by atoms with Gasteiger partial charge >= 0.3 is 0 Å². The average Bonchev–Trinajstić information content (AvgIpc) is 2.31. The van der Waals surface area contributed by atoms with Crippen LogP contribution < -0.4 is 5.73 Å². The minimum absolute atomic E-state index is 0.222. The Morgan fingerprint density at radius 3 is 2.46 bits per heavy atom. The van der Waals surface area contributed by atoms with Crippen LogP contribution in [0.1, 0.15) is 45.0 Å². The molecule has 3 N–H and O–H groups in total. The summed E-state index contributed by atoms with van der Waals surface area (Å²) in [6.45, 7) is 8.19. The highest BCUT2D eigenvalue weighted by molar-refractivity contribution is 5.14. The second kappa shape index (κ2) is 3.46. The van der Waals surface area contributed by atoms with Gasteiger partial charge in [0.15, 0.2) is 0 Å². The third-order valence-corrected chi connectivity index (χ3v) is 1.82. The molecule has 0 aliphatic carbocycles. The van der Waals surface area contributed by atoms with Crippen LogP contribution in [0.5, 0.6) is 0 Å². The zero-order valence-corrected chi connectivity index (χ0v) is 8.76. The van der Waals surface area contributed by atoms with Crippen LogP contribution in [0.3, 0.4) is 0 Å². The van der Waals surface area contributed by atoms with Crippen molar-refractivity contribution in [3.63, 3.8) is 0 Å². The highest BCUT2D eigenvalue weighted by Crippen LogP contribution is 2.17. The Bertz CT molecular complexity index is 269. The Kier molecular flexibility index (Phi) is 2.71. The standard InChI is InChI=1S/C9H18N4/c1-6(2)8-7(11-13-12-8)5-9(3,4)10/h6H,5,10H2,1-4H3,(H,11,12,13). The molecular formula is C9H18N4. The van der Waals surface area contributed by atoms with E-state index in [-0.39, 0.29) is 5.54 Å². The van der Waals surface area contributed by atoms with Crippen LogP contribution in [0.2, 0.25) is 0 Å². The van der Waals surface area contributed by atoms with Gasteiger partial charge in [-0.05, 0) is 19.8 Å². The van der Waals surface area contributed by atoms with Crippen molar-refractivity contribution in [2.45, 2.75) is 45.6 Å². The second-order valence-corrected chi connectivity index (χ2v) is 4.48. The summed E-state index contributed by atoms with van der Waals surface area (Å²) in [5.74, 6) is 0.399. The van der Waals surface area contributed by atoms with Crippen molar-refractivity contribution >= 4 is 0 Å². The number of nitrogens with zero attached hydrogens (tertiary/aromatic N) is 2. The highest BCUT2D eigenvalue weighted by Gasteiger charge is 2.18. The van der Waals surface area contributed by atoms with Crippen LogP contribution in [-0.2, 0) is 6.42 Å². The third kappa shape index (κ3) is 2.81. The summed E-state index contributed by atoms with van der Waals surface area (Å²) in [5, 5.41) is 10.9. The molecule has 1 heterocycles. The molecule has 0 radical (unpaired) electrons. The van der Waals surface area contributed by atoms with Gasteiger partial charge in [0, 0.05) is 12.0 Å². The average molecular weight is 182 g/mol. The van der Waals surface area contributed by atoms with Crippen molar-refractivity contribution in [3.8, 4) is 0 Å². The predicted molar refractivity (Wildman–Crippen MR) is 52.4 cm³/mol. The molecule has 0 amide bonds. The Balaban J connectivity index is 2.83. The second-order valence-electron chi connectivity index (χ2n) is 4.48. The number of nitrogens with one attached hydrogen (secondary N) is 1. The van der Waals surface area contributed by atoms with Crippen molar-refractivity contribution in [3.05, 3.63) is 11.4 Å². The molecular weight excluding hydrogens is 164 g/mol. The fraction of sp³-hybridized carbons (Fsp3) is 0.778. The number of rotatable bonds is 3. The molecule has 0 saturated carbocycles. The van der Waals surface area contributed by atoms with Gasteiger partial charge < -0.3 is 5.73 Å². The molecule has 0 fully saturated rings. The van der Waals surface area contributed by atoms with Gasteiger partial charge in [0.2, 0.25) is 0 Å². The Morgan fingerprint density at radius 1 is 1.38 bits per heavy atom. The van der Waals surface area contributed by atoms with Gasteiger partial charge in [-0.1, -0.05) is 13.8 Å². The lowest BCUT2D eigenvalue weighted by molar-refractivity contribution is 0.506. The number of aromatic nitrogens is 3. The lowest BCUT2D eigenvalue weighted by atomic mass is 9.96. The van der Waals surface area contributed by atoms with Crippen LogP contribution in [-0.4, -0.2) is 20.9 Å². The first-order valence-corrected chi connectivity index (χ1v) is 4.58. The van der Waals surface area contributed by atoms with Crippen molar-refractivity contribution in [2.24, 2.45) is 5.73 Å². The van der Waals surface area contributed by atoms with Crippen LogP contribution in [0.15, 0.2) is 0 Å². The maximum absolute atomic E-state index is 5.91. The van der Waals surface area contributed by atoms with Crippen LogP contribution in [0.25, 0.3) is 0 Å². The predicted octanol–water partition coefficient (Wildman–Crippen LogP) is 1.21. The third-order valence-electron chi connectivity index (χ3n) is 1.82. The number of aromatic amines is 1. The van der Waals surface area contributed by atoms with Gasteiger partial charge in [0.05, 0.1) is 11.4 Å². The van der Waals surface area contributed by atoms with Crippen molar-refractivity contribution in [1.29, 1.82) is 0 Å². The Hall–Kier alpha value is -0.900. The van der Waals surface area contributed by atoms with Crippen LogP contribution in [0, 0.1) is 0 Å². The van der Waals surface area contributed by atoms with Crippen molar-refractivity contribution < 1.29 is 0 Å². The molecule has 1 aromatic rings. The fourth-order valence-corrected chi connectivity index (χ4v) is 1.29. The molecule has 13 heavy (non-hydrogen) atoms. The molecule has 0 spiro atoms. The summed E-state index contributed by atoms with van der Waals surface area (Å²) >= 11 is 0. The van der Waals surface area contributed by atoms with Gasteiger partial charge in [-0.2, -0.15) is 15.4 Å². The van der Waals surface area contributed by atoms with Gasteiger partial charge in [0.1, 0.15) is 0 Å². The fourth-order valence-electron chi connectivity index (χ4n) is 1.29. The molecule has 4 heteroatoms. The number of nitrogens with two attached hydrogens (primary N) is 1.